The van der Waals surface area contributed by atoms with Gasteiger partial charge in [-0.05, 0) is 55.5 Å². The Kier molecular flexibility index (Phi) is 8.51. The molecule has 1 N–H and O–H groups in total. The van der Waals surface area contributed by atoms with Crippen LogP contribution in [0.2, 0.25) is 0 Å². The maximum absolute atomic E-state index is 11.3. The van der Waals surface area contributed by atoms with Gasteiger partial charge in [-0.1, -0.05) is 78.9 Å². The fraction of sp³-hybridized carbons (Fsp3) is 0.185. The molecule has 3 nitrogen and oxygen atoms in total. The second-order valence-corrected chi connectivity index (χ2v) is 8.32. The molecule has 0 saturated heterocycles. The Morgan fingerprint density at radius 1 is 0.871 bits per heavy atom. The predicted octanol–water partition coefficient (Wildman–Crippen LogP) is 7.25. The van der Waals surface area contributed by atoms with Gasteiger partial charge in [0, 0.05) is 15.4 Å². The van der Waals surface area contributed by atoms with E-state index in [-0.39, 0.29) is 0 Å². The van der Waals surface area contributed by atoms with E-state index >= 15 is 0 Å². The number of carbonyl (C=O) groups is 1. The van der Waals surface area contributed by atoms with Gasteiger partial charge in [-0.25, -0.2) is 4.79 Å². The van der Waals surface area contributed by atoms with Crippen molar-refractivity contribution in [3.63, 3.8) is 0 Å². The summed E-state index contributed by atoms with van der Waals surface area (Å²) in [5.74, 6) is -0.871. The van der Waals surface area contributed by atoms with Crippen LogP contribution in [0.5, 0.6) is 0 Å². The number of hydrogen-bond donors (Lipinski definition) is 1. The molecule has 156 valence electrons. The van der Waals surface area contributed by atoms with Gasteiger partial charge >= 0.3 is 5.97 Å². The number of rotatable bonds is 10. The van der Waals surface area contributed by atoms with Crippen LogP contribution in [-0.2, 0) is 6.42 Å². The van der Waals surface area contributed by atoms with Crippen LogP contribution >= 0.6 is 11.8 Å². The van der Waals surface area contributed by atoms with Crippen LogP contribution in [0.15, 0.2) is 94.7 Å². The van der Waals surface area contributed by atoms with E-state index in [0.29, 0.717) is 11.1 Å². The number of allylic oxidation sites excluding steroid dienone is 2. The first-order valence-electron chi connectivity index (χ1n) is 10.4. The lowest BCUT2D eigenvalue weighted by molar-refractivity contribution is 0.0695. The molecular formula is C27H25NO2S. The fourth-order valence-electron chi connectivity index (χ4n) is 3.44. The van der Waals surface area contributed by atoms with Gasteiger partial charge in [0.1, 0.15) is 0 Å². The molecule has 0 atom stereocenters. The third kappa shape index (κ3) is 6.60. The summed E-state index contributed by atoms with van der Waals surface area (Å²) in [5.41, 5.74) is 2.95. The molecule has 0 radical (unpaired) electrons. The molecule has 0 amide bonds. The number of carboxylic acids is 1. The summed E-state index contributed by atoms with van der Waals surface area (Å²) in [6, 6.07) is 27.7. The smallest absolute Gasteiger partial charge is 0.335 e. The van der Waals surface area contributed by atoms with Crippen molar-refractivity contribution in [2.24, 2.45) is 0 Å². The predicted molar refractivity (Wildman–Crippen MR) is 126 cm³/mol. The van der Waals surface area contributed by atoms with Crippen molar-refractivity contribution in [3.8, 4) is 6.07 Å². The van der Waals surface area contributed by atoms with Gasteiger partial charge in [-0.3, -0.25) is 0 Å². The largest absolute Gasteiger partial charge is 0.478 e. The molecule has 31 heavy (non-hydrogen) atoms. The Bertz CT molecular complexity index is 1080. The molecular weight excluding hydrogens is 402 g/mol. The average molecular weight is 428 g/mol. The lowest BCUT2D eigenvalue weighted by Crippen LogP contribution is -2.02. The third-order valence-corrected chi connectivity index (χ3v) is 6.10. The Balaban J connectivity index is 1.56. The zero-order valence-corrected chi connectivity index (χ0v) is 18.1. The van der Waals surface area contributed by atoms with Gasteiger partial charge in [0.25, 0.3) is 0 Å². The molecule has 0 bridgehead atoms. The molecule has 0 heterocycles. The Morgan fingerprint density at radius 3 is 2.29 bits per heavy atom. The SMILES string of the molecule is N#C/C(=C\CCCCCc1ccccc1C(=O)O)c1ccccc1Sc1ccccc1. The highest BCUT2D eigenvalue weighted by Gasteiger charge is 2.09. The molecule has 3 rings (SSSR count). The molecule has 0 unspecified atom stereocenters. The Labute approximate surface area is 188 Å². The Morgan fingerprint density at radius 2 is 1.55 bits per heavy atom. The number of aryl methyl sites for hydroxylation is 1. The number of aromatic carboxylic acids is 1. The van der Waals surface area contributed by atoms with Crippen molar-refractivity contribution in [2.75, 3.05) is 0 Å². The molecule has 3 aromatic carbocycles. The molecule has 4 heteroatoms. The minimum absolute atomic E-state index is 0.390. The van der Waals surface area contributed by atoms with Gasteiger partial charge in [0.2, 0.25) is 0 Å². The number of hydrogen-bond acceptors (Lipinski definition) is 3. The van der Waals surface area contributed by atoms with Crippen molar-refractivity contribution in [2.45, 2.75) is 41.9 Å². The highest BCUT2D eigenvalue weighted by Crippen LogP contribution is 2.33. The van der Waals surface area contributed by atoms with E-state index in [4.69, 9.17) is 0 Å². The van der Waals surface area contributed by atoms with Crippen LogP contribution in [0.1, 0.15) is 47.2 Å². The van der Waals surface area contributed by atoms with E-state index < -0.39 is 5.97 Å². The van der Waals surface area contributed by atoms with Crippen LogP contribution in [0.3, 0.4) is 0 Å². The highest BCUT2D eigenvalue weighted by molar-refractivity contribution is 7.99. The molecule has 0 aliphatic carbocycles. The molecule has 3 aromatic rings. The number of unbranched alkanes of at least 4 members (excludes halogenated alkanes) is 3. The normalized spacial score (nSPS) is 11.1. The Hall–Kier alpha value is -3.29. The maximum atomic E-state index is 11.3. The summed E-state index contributed by atoms with van der Waals surface area (Å²) in [6.45, 7) is 0. The van der Waals surface area contributed by atoms with Gasteiger partial charge in [-0.2, -0.15) is 5.26 Å². The standard InChI is InChI=1S/C27H25NO2S/c28-20-22(24-17-10-11-19-26(24)31-23-15-6-3-7-16-23)14-5-2-1-4-12-21-13-8-9-18-25(21)27(29)30/h3,6-11,13-19H,1-2,4-5,12H2,(H,29,30)/b22-14+. The van der Waals surface area contributed by atoms with Crippen LogP contribution in [0.4, 0.5) is 0 Å². The van der Waals surface area contributed by atoms with Crippen molar-refractivity contribution >= 4 is 23.3 Å². The average Bonchev–Trinajstić information content (AvgIpc) is 2.80. The van der Waals surface area contributed by atoms with Gasteiger partial charge in [-0.15, -0.1) is 0 Å². The van der Waals surface area contributed by atoms with Crippen LogP contribution in [0.25, 0.3) is 5.57 Å². The van der Waals surface area contributed by atoms with E-state index in [2.05, 4.69) is 24.3 Å². The summed E-state index contributed by atoms with van der Waals surface area (Å²) in [4.78, 5) is 13.5. The zero-order valence-electron chi connectivity index (χ0n) is 17.3. The fourth-order valence-corrected chi connectivity index (χ4v) is 4.42. The van der Waals surface area contributed by atoms with E-state index in [1.807, 2.05) is 54.6 Å². The molecule has 0 aliphatic rings. The second-order valence-electron chi connectivity index (χ2n) is 7.20. The third-order valence-electron chi connectivity index (χ3n) is 5.02. The van der Waals surface area contributed by atoms with Gasteiger partial charge < -0.3 is 5.11 Å². The van der Waals surface area contributed by atoms with Gasteiger partial charge in [0.05, 0.1) is 17.2 Å². The molecule has 0 fully saturated rings. The second kappa shape index (κ2) is 11.8. The topological polar surface area (TPSA) is 61.1 Å². The van der Waals surface area contributed by atoms with Crippen LogP contribution in [0, 0.1) is 11.3 Å². The number of nitriles is 1. The minimum atomic E-state index is -0.871. The van der Waals surface area contributed by atoms with E-state index in [1.165, 1.54) is 0 Å². The minimum Gasteiger partial charge on any atom is -0.478 e. The van der Waals surface area contributed by atoms with Crippen molar-refractivity contribution in [1.29, 1.82) is 5.26 Å². The lowest BCUT2D eigenvalue weighted by atomic mass is 10.00. The maximum Gasteiger partial charge on any atom is 0.335 e. The van der Waals surface area contributed by atoms with Crippen molar-refractivity contribution < 1.29 is 9.90 Å². The molecule has 0 spiro atoms. The zero-order chi connectivity index (χ0) is 21.9. The summed E-state index contributed by atoms with van der Waals surface area (Å²) in [7, 11) is 0. The quantitative estimate of drug-likeness (QED) is 0.273. The summed E-state index contributed by atoms with van der Waals surface area (Å²) < 4.78 is 0. The number of benzene rings is 3. The molecule has 0 aromatic heterocycles. The van der Waals surface area contributed by atoms with Gasteiger partial charge in [0.15, 0.2) is 0 Å². The van der Waals surface area contributed by atoms with E-state index in [9.17, 15) is 15.2 Å². The summed E-state index contributed by atoms with van der Waals surface area (Å²) in [5, 5.41) is 19.0. The first-order valence-corrected chi connectivity index (χ1v) is 11.2. The summed E-state index contributed by atoms with van der Waals surface area (Å²) in [6.07, 6.45) is 6.50. The molecule has 0 saturated carbocycles. The number of carboxylic acid groups (broad SMARTS) is 1. The number of nitrogens with zero attached hydrogens (tertiary/aromatic N) is 1. The van der Waals surface area contributed by atoms with Crippen molar-refractivity contribution in [3.05, 3.63) is 102 Å². The summed E-state index contributed by atoms with van der Waals surface area (Å²) >= 11 is 1.67. The monoisotopic (exact) mass is 427 g/mol. The first-order chi connectivity index (χ1) is 15.2. The lowest BCUT2D eigenvalue weighted by Gasteiger charge is -2.08. The van der Waals surface area contributed by atoms with Crippen LogP contribution in [-0.4, -0.2) is 11.1 Å². The van der Waals surface area contributed by atoms with E-state index in [0.717, 1.165) is 53.0 Å². The van der Waals surface area contributed by atoms with Crippen molar-refractivity contribution in [1.82, 2.24) is 0 Å². The first kappa shape index (κ1) is 22.4. The van der Waals surface area contributed by atoms with Crippen LogP contribution < -0.4 is 0 Å². The van der Waals surface area contributed by atoms with E-state index in [1.54, 1.807) is 23.9 Å². The highest BCUT2D eigenvalue weighted by atomic mass is 32.2. The molecule has 0 aliphatic heterocycles.